The van der Waals surface area contributed by atoms with Crippen LogP contribution in [0.1, 0.15) is 18.9 Å². The van der Waals surface area contributed by atoms with Gasteiger partial charge >= 0.3 is 0 Å². The second-order valence-electron chi connectivity index (χ2n) is 5.98. The number of imidazole rings is 1. The predicted molar refractivity (Wildman–Crippen MR) is 91.5 cm³/mol. The van der Waals surface area contributed by atoms with Crippen molar-refractivity contribution in [1.82, 2.24) is 14.9 Å². The molecule has 1 aliphatic rings. The summed E-state index contributed by atoms with van der Waals surface area (Å²) in [6.07, 6.45) is 6.42. The van der Waals surface area contributed by atoms with Gasteiger partial charge in [0, 0.05) is 44.1 Å². The largest absolute Gasteiger partial charge is 0.354 e. The number of nitrogens with one attached hydrogen (secondary N) is 1. The minimum absolute atomic E-state index is 0.0191. The summed E-state index contributed by atoms with van der Waals surface area (Å²) < 4.78 is 1.91. The molecule has 0 saturated carbocycles. The Morgan fingerprint density at radius 3 is 2.96 bits per heavy atom. The molecule has 1 aromatic heterocycles. The van der Waals surface area contributed by atoms with E-state index in [1.165, 1.54) is 0 Å². The Balaban J connectivity index is 1.58. The van der Waals surface area contributed by atoms with Gasteiger partial charge in [0.05, 0.1) is 12.2 Å². The zero-order valence-corrected chi connectivity index (χ0v) is 13.8. The number of benzene rings is 1. The Kier molecular flexibility index (Phi) is 4.93. The van der Waals surface area contributed by atoms with Crippen molar-refractivity contribution >= 4 is 17.5 Å². The van der Waals surface area contributed by atoms with Crippen LogP contribution in [-0.4, -0.2) is 34.5 Å². The first kappa shape index (κ1) is 16.2. The topological polar surface area (TPSA) is 67.2 Å². The molecule has 1 aliphatic heterocycles. The molecule has 2 aromatic rings. The molecule has 1 atom stereocenters. The van der Waals surface area contributed by atoms with Crippen molar-refractivity contribution in [3.8, 4) is 0 Å². The number of carbonyl (C=O) groups is 2. The lowest BCUT2D eigenvalue weighted by Crippen LogP contribution is -2.34. The third-order valence-corrected chi connectivity index (χ3v) is 4.39. The lowest BCUT2D eigenvalue weighted by atomic mass is 10.1. The van der Waals surface area contributed by atoms with Crippen LogP contribution in [0, 0.1) is 5.92 Å². The average Bonchev–Trinajstić information content (AvgIpc) is 3.24. The van der Waals surface area contributed by atoms with E-state index in [-0.39, 0.29) is 24.2 Å². The van der Waals surface area contributed by atoms with Gasteiger partial charge in [-0.1, -0.05) is 25.1 Å². The Hall–Kier alpha value is -2.63. The van der Waals surface area contributed by atoms with Crippen LogP contribution in [0.4, 0.5) is 5.69 Å². The fourth-order valence-electron chi connectivity index (χ4n) is 3.06. The Labute approximate surface area is 141 Å². The van der Waals surface area contributed by atoms with Crippen molar-refractivity contribution in [3.05, 3.63) is 48.5 Å². The number of amides is 2. The second-order valence-corrected chi connectivity index (χ2v) is 5.98. The summed E-state index contributed by atoms with van der Waals surface area (Å²) in [6.45, 7) is 3.73. The molecule has 1 saturated heterocycles. The lowest BCUT2D eigenvalue weighted by Gasteiger charge is -2.20. The van der Waals surface area contributed by atoms with Gasteiger partial charge in [0.1, 0.15) is 0 Å². The molecule has 2 amide bonds. The molecule has 24 heavy (non-hydrogen) atoms. The van der Waals surface area contributed by atoms with E-state index in [1.807, 2.05) is 35.0 Å². The highest BCUT2D eigenvalue weighted by Gasteiger charge is 2.35. The second kappa shape index (κ2) is 7.29. The summed E-state index contributed by atoms with van der Waals surface area (Å²) in [5, 5.41) is 2.92. The number of rotatable bonds is 6. The fraction of sp³-hybridized carbons (Fsp3) is 0.389. The zero-order valence-electron chi connectivity index (χ0n) is 13.8. The van der Waals surface area contributed by atoms with Gasteiger partial charge < -0.3 is 14.8 Å². The number of hydrogen-bond donors (Lipinski definition) is 1. The highest BCUT2D eigenvalue weighted by molar-refractivity contribution is 6.00. The molecule has 0 spiro atoms. The minimum Gasteiger partial charge on any atom is -0.354 e. The van der Waals surface area contributed by atoms with E-state index in [0.717, 1.165) is 17.7 Å². The van der Waals surface area contributed by atoms with Crippen molar-refractivity contribution in [2.45, 2.75) is 26.3 Å². The number of aryl methyl sites for hydroxylation is 1. The summed E-state index contributed by atoms with van der Waals surface area (Å²) in [5.41, 5.74) is 2.06. The molecule has 0 radical (unpaired) electrons. The van der Waals surface area contributed by atoms with Crippen molar-refractivity contribution in [1.29, 1.82) is 0 Å². The molecule has 0 unspecified atom stereocenters. The van der Waals surface area contributed by atoms with Crippen LogP contribution in [0.25, 0.3) is 0 Å². The summed E-state index contributed by atoms with van der Waals surface area (Å²) in [6, 6.07) is 7.89. The molecule has 6 heteroatoms. The molecular formula is C18H22N4O2. The van der Waals surface area contributed by atoms with E-state index >= 15 is 0 Å². The van der Waals surface area contributed by atoms with Gasteiger partial charge in [-0.3, -0.25) is 9.59 Å². The van der Waals surface area contributed by atoms with Gasteiger partial charge in [0.2, 0.25) is 11.8 Å². The van der Waals surface area contributed by atoms with Crippen molar-refractivity contribution < 1.29 is 9.59 Å². The van der Waals surface area contributed by atoms with Gasteiger partial charge in [-0.05, 0) is 18.1 Å². The van der Waals surface area contributed by atoms with Crippen LogP contribution in [0.15, 0.2) is 43.0 Å². The Morgan fingerprint density at radius 1 is 1.38 bits per heavy atom. The van der Waals surface area contributed by atoms with E-state index < -0.39 is 0 Å². The number of nitrogens with zero attached hydrogens (tertiary/aromatic N) is 3. The highest BCUT2D eigenvalue weighted by atomic mass is 16.2. The third-order valence-electron chi connectivity index (χ3n) is 4.39. The van der Waals surface area contributed by atoms with Crippen LogP contribution in [0.2, 0.25) is 0 Å². The molecule has 1 N–H and O–H groups in total. The van der Waals surface area contributed by atoms with Crippen LogP contribution in [-0.2, 0) is 22.6 Å². The maximum Gasteiger partial charge on any atom is 0.227 e. The van der Waals surface area contributed by atoms with Crippen LogP contribution >= 0.6 is 0 Å². The maximum atomic E-state index is 12.4. The van der Waals surface area contributed by atoms with E-state index in [4.69, 9.17) is 0 Å². The number of hydrogen-bond acceptors (Lipinski definition) is 3. The number of anilines is 1. The van der Waals surface area contributed by atoms with E-state index in [0.29, 0.717) is 19.6 Å². The van der Waals surface area contributed by atoms with Crippen molar-refractivity contribution in [2.75, 3.05) is 18.0 Å². The molecule has 6 nitrogen and oxygen atoms in total. The summed E-state index contributed by atoms with van der Waals surface area (Å²) in [4.78, 5) is 30.4. The van der Waals surface area contributed by atoms with Gasteiger partial charge in [0.15, 0.2) is 0 Å². The van der Waals surface area contributed by atoms with Gasteiger partial charge in [0.25, 0.3) is 0 Å². The van der Waals surface area contributed by atoms with Gasteiger partial charge in [-0.2, -0.15) is 0 Å². The maximum absolute atomic E-state index is 12.4. The number of carbonyl (C=O) groups excluding carboxylic acids is 2. The predicted octanol–water partition coefficient (Wildman–Crippen LogP) is 1.61. The molecule has 0 aliphatic carbocycles. The normalized spacial score (nSPS) is 17.3. The summed E-state index contributed by atoms with van der Waals surface area (Å²) in [7, 11) is 0. The van der Waals surface area contributed by atoms with Gasteiger partial charge in [-0.15, -0.1) is 0 Å². The van der Waals surface area contributed by atoms with Gasteiger partial charge in [-0.25, -0.2) is 4.98 Å². The van der Waals surface area contributed by atoms with E-state index in [9.17, 15) is 9.59 Å². The lowest BCUT2D eigenvalue weighted by molar-refractivity contribution is -0.126. The first-order valence-electron chi connectivity index (χ1n) is 8.30. The van der Waals surface area contributed by atoms with Crippen LogP contribution in [0.3, 0.4) is 0 Å². The Bertz CT molecular complexity index is 712. The number of para-hydroxylation sites is 1. The monoisotopic (exact) mass is 326 g/mol. The first-order chi connectivity index (χ1) is 11.7. The number of aromatic nitrogens is 2. The molecule has 1 fully saturated rings. The first-order valence-corrected chi connectivity index (χ1v) is 8.30. The SMILES string of the molecule is CCc1ccccc1N1C[C@@H](C(=O)NCCn2ccnc2)CC1=O. The molecule has 1 aromatic carbocycles. The smallest absolute Gasteiger partial charge is 0.227 e. The quantitative estimate of drug-likeness (QED) is 0.877. The van der Waals surface area contributed by atoms with E-state index in [2.05, 4.69) is 17.2 Å². The third kappa shape index (κ3) is 3.48. The standard InChI is InChI=1S/C18H22N4O2/c1-2-14-5-3-4-6-16(14)22-12-15(11-17(22)23)18(24)20-8-10-21-9-7-19-13-21/h3-7,9,13,15H,2,8,10-12H2,1H3,(H,20,24)/t15-/m0/s1. The fourth-order valence-corrected chi connectivity index (χ4v) is 3.06. The molecular weight excluding hydrogens is 304 g/mol. The highest BCUT2D eigenvalue weighted by Crippen LogP contribution is 2.28. The molecule has 126 valence electrons. The Morgan fingerprint density at radius 2 is 2.21 bits per heavy atom. The van der Waals surface area contributed by atoms with Crippen LogP contribution in [0.5, 0.6) is 0 Å². The molecule has 0 bridgehead atoms. The average molecular weight is 326 g/mol. The van der Waals surface area contributed by atoms with Crippen LogP contribution < -0.4 is 10.2 Å². The summed E-state index contributed by atoms with van der Waals surface area (Å²) in [5.74, 6) is -0.323. The zero-order chi connectivity index (χ0) is 16.9. The van der Waals surface area contributed by atoms with Crippen molar-refractivity contribution in [2.24, 2.45) is 5.92 Å². The van der Waals surface area contributed by atoms with E-state index in [1.54, 1.807) is 17.4 Å². The minimum atomic E-state index is -0.287. The molecule has 2 heterocycles. The van der Waals surface area contributed by atoms with Crippen molar-refractivity contribution in [3.63, 3.8) is 0 Å². The molecule has 3 rings (SSSR count). The summed E-state index contributed by atoms with van der Waals surface area (Å²) >= 11 is 0.